The average Bonchev–Trinajstić information content (AvgIpc) is 2.71. The minimum atomic E-state index is -1.09. The summed E-state index contributed by atoms with van der Waals surface area (Å²) >= 11 is 0. The number of carbonyl (C=O) groups is 2. The van der Waals surface area contributed by atoms with E-state index in [4.69, 9.17) is 4.74 Å². The Morgan fingerprint density at radius 2 is 2.17 bits per heavy atom. The van der Waals surface area contributed by atoms with Gasteiger partial charge >= 0.3 is 5.97 Å². The van der Waals surface area contributed by atoms with Gasteiger partial charge in [-0.3, -0.25) is 14.9 Å². The molecule has 2 rings (SSSR count). The first kappa shape index (κ1) is 23.1. The number of ether oxygens (including phenoxy) is 1. The summed E-state index contributed by atoms with van der Waals surface area (Å²) in [5.41, 5.74) is -0.784. The van der Waals surface area contributed by atoms with Crippen LogP contribution in [0.3, 0.4) is 0 Å². The number of anilines is 1. The van der Waals surface area contributed by atoms with E-state index >= 15 is 0 Å². The minimum absolute atomic E-state index is 0.00443. The van der Waals surface area contributed by atoms with Crippen molar-refractivity contribution in [2.45, 2.75) is 46.1 Å². The van der Waals surface area contributed by atoms with Crippen molar-refractivity contribution in [1.29, 1.82) is 5.26 Å². The van der Waals surface area contributed by atoms with Crippen LogP contribution in [-0.2, 0) is 9.53 Å². The van der Waals surface area contributed by atoms with Gasteiger partial charge in [0.05, 0.1) is 16.6 Å². The van der Waals surface area contributed by atoms with Crippen molar-refractivity contribution in [3.8, 4) is 6.07 Å². The molecule has 1 aliphatic heterocycles. The monoisotopic (exact) mass is 416 g/mol. The fraction of sp³-hybridized carbons (Fsp3) is 0.571. The first-order valence-corrected chi connectivity index (χ1v) is 10.00. The third kappa shape index (κ3) is 5.47. The van der Waals surface area contributed by atoms with Crippen molar-refractivity contribution in [2.75, 3.05) is 24.6 Å². The Morgan fingerprint density at radius 1 is 1.47 bits per heavy atom. The Kier molecular flexibility index (Phi) is 7.38. The van der Waals surface area contributed by atoms with E-state index in [1.165, 1.54) is 12.1 Å². The standard InChI is InChI=1S/C21H28N4O5/c1-14(2)21(4,13-22)23-19(26)12-30-20(27)16-7-8-17(18(10-16)25(28)29)24-9-5-6-15(3)11-24/h7-8,10,14-15H,5-6,9,11-12H2,1-4H3,(H,23,26). The molecule has 0 saturated carbocycles. The predicted molar refractivity (Wildman–Crippen MR) is 111 cm³/mol. The summed E-state index contributed by atoms with van der Waals surface area (Å²) < 4.78 is 5.00. The Balaban J connectivity index is 2.09. The number of rotatable bonds is 7. The van der Waals surface area contributed by atoms with Gasteiger partial charge in [0, 0.05) is 19.2 Å². The molecule has 1 amide bonds. The molecule has 1 aromatic carbocycles. The number of nitrogens with zero attached hydrogens (tertiary/aromatic N) is 3. The van der Waals surface area contributed by atoms with E-state index in [1.807, 2.05) is 11.0 Å². The van der Waals surface area contributed by atoms with Crippen LogP contribution in [0.4, 0.5) is 11.4 Å². The summed E-state index contributed by atoms with van der Waals surface area (Å²) in [4.78, 5) is 37.4. The molecular weight excluding hydrogens is 388 g/mol. The van der Waals surface area contributed by atoms with E-state index in [1.54, 1.807) is 26.8 Å². The Hall–Kier alpha value is -3.15. The molecule has 1 heterocycles. The van der Waals surface area contributed by atoms with Crippen LogP contribution in [0, 0.1) is 33.3 Å². The van der Waals surface area contributed by atoms with E-state index in [9.17, 15) is 25.0 Å². The first-order chi connectivity index (χ1) is 14.1. The lowest BCUT2D eigenvalue weighted by Crippen LogP contribution is -2.50. The molecule has 1 saturated heterocycles. The van der Waals surface area contributed by atoms with E-state index in [0.717, 1.165) is 25.9 Å². The molecule has 0 aliphatic carbocycles. The summed E-state index contributed by atoms with van der Waals surface area (Å²) in [6, 6.07) is 6.24. The van der Waals surface area contributed by atoms with Gasteiger partial charge in [-0.2, -0.15) is 5.26 Å². The second-order valence-corrected chi connectivity index (χ2v) is 8.25. The molecule has 2 atom stereocenters. The molecule has 30 heavy (non-hydrogen) atoms. The SMILES string of the molecule is CC1CCCN(c2ccc(C(=O)OCC(=O)NC(C)(C#N)C(C)C)cc2[N+](=O)[O-])C1. The van der Waals surface area contributed by atoms with Crippen molar-refractivity contribution in [2.24, 2.45) is 11.8 Å². The van der Waals surface area contributed by atoms with Crippen molar-refractivity contribution >= 4 is 23.3 Å². The highest BCUT2D eigenvalue weighted by atomic mass is 16.6. The molecule has 9 heteroatoms. The van der Waals surface area contributed by atoms with Crippen molar-refractivity contribution < 1.29 is 19.2 Å². The minimum Gasteiger partial charge on any atom is -0.452 e. The van der Waals surface area contributed by atoms with Gasteiger partial charge in [0.2, 0.25) is 0 Å². The number of benzene rings is 1. The highest BCUT2D eigenvalue weighted by Crippen LogP contribution is 2.32. The Morgan fingerprint density at radius 3 is 2.73 bits per heavy atom. The zero-order valence-corrected chi connectivity index (χ0v) is 17.8. The average molecular weight is 416 g/mol. The van der Waals surface area contributed by atoms with Gasteiger partial charge in [-0.15, -0.1) is 0 Å². The maximum atomic E-state index is 12.3. The molecule has 9 nitrogen and oxygen atoms in total. The van der Waals surface area contributed by atoms with Crippen molar-refractivity contribution in [1.82, 2.24) is 5.32 Å². The fourth-order valence-corrected chi connectivity index (χ4v) is 3.31. The van der Waals surface area contributed by atoms with Gasteiger partial charge in [0.15, 0.2) is 6.61 Å². The van der Waals surface area contributed by atoms with E-state index in [0.29, 0.717) is 11.6 Å². The second kappa shape index (κ2) is 9.57. The maximum absolute atomic E-state index is 12.3. The molecule has 0 spiro atoms. The number of nitriles is 1. The lowest BCUT2D eigenvalue weighted by Gasteiger charge is -2.32. The van der Waals surface area contributed by atoms with Crippen LogP contribution in [0.5, 0.6) is 0 Å². The number of piperidine rings is 1. The topological polar surface area (TPSA) is 126 Å². The lowest BCUT2D eigenvalue weighted by molar-refractivity contribution is -0.384. The number of esters is 1. The molecule has 1 aromatic rings. The number of nitro benzene ring substituents is 1. The number of hydrogen-bond acceptors (Lipinski definition) is 7. The van der Waals surface area contributed by atoms with Crippen LogP contribution in [0.15, 0.2) is 18.2 Å². The largest absolute Gasteiger partial charge is 0.452 e. The molecular formula is C21H28N4O5. The van der Waals surface area contributed by atoms with Gasteiger partial charge in [-0.05, 0) is 43.7 Å². The summed E-state index contributed by atoms with van der Waals surface area (Å²) in [5, 5.41) is 23.4. The van der Waals surface area contributed by atoms with Crippen molar-refractivity contribution in [3.05, 3.63) is 33.9 Å². The quantitative estimate of drug-likeness (QED) is 0.411. The first-order valence-electron chi connectivity index (χ1n) is 10.00. The summed E-state index contributed by atoms with van der Waals surface area (Å²) in [6.45, 7) is 8.13. The lowest BCUT2D eigenvalue weighted by atomic mass is 9.90. The number of hydrogen-bond donors (Lipinski definition) is 1. The number of amides is 1. The van der Waals surface area contributed by atoms with Crippen LogP contribution < -0.4 is 10.2 Å². The molecule has 1 N–H and O–H groups in total. The van der Waals surface area contributed by atoms with E-state index in [2.05, 4.69) is 12.2 Å². The van der Waals surface area contributed by atoms with Crippen LogP contribution >= 0.6 is 0 Å². The molecule has 0 radical (unpaired) electrons. The Labute approximate surface area is 176 Å². The molecule has 1 fully saturated rings. The van der Waals surface area contributed by atoms with Crippen molar-refractivity contribution in [3.63, 3.8) is 0 Å². The number of nitro groups is 1. The van der Waals surface area contributed by atoms with Gasteiger partial charge in [0.25, 0.3) is 11.6 Å². The third-order valence-corrected chi connectivity index (χ3v) is 5.53. The van der Waals surface area contributed by atoms with Crippen LogP contribution in [0.25, 0.3) is 0 Å². The molecule has 162 valence electrons. The molecule has 2 unspecified atom stereocenters. The Bertz CT molecular complexity index is 863. The summed E-state index contributed by atoms with van der Waals surface area (Å²) in [7, 11) is 0. The number of carbonyl (C=O) groups excluding carboxylic acids is 2. The normalized spacial score (nSPS) is 18.3. The van der Waals surface area contributed by atoms with E-state index in [-0.39, 0.29) is 17.2 Å². The van der Waals surface area contributed by atoms with Gasteiger partial charge in [-0.25, -0.2) is 4.79 Å². The maximum Gasteiger partial charge on any atom is 0.338 e. The van der Waals surface area contributed by atoms with Gasteiger partial charge in [-0.1, -0.05) is 20.8 Å². The zero-order valence-electron chi connectivity index (χ0n) is 17.8. The summed E-state index contributed by atoms with van der Waals surface area (Å²) in [5.74, 6) is -1.16. The van der Waals surface area contributed by atoms with Gasteiger partial charge < -0.3 is 15.0 Å². The highest BCUT2D eigenvalue weighted by Gasteiger charge is 2.30. The van der Waals surface area contributed by atoms with Gasteiger partial charge in [0.1, 0.15) is 11.2 Å². The zero-order chi connectivity index (χ0) is 22.5. The highest BCUT2D eigenvalue weighted by molar-refractivity contribution is 5.93. The van der Waals surface area contributed by atoms with Crippen LogP contribution in [-0.4, -0.2) is 42.0 Å². The molecule has 0 bridgehead atoms. The van der Waals surface area contributed by atoms with E-state index < -0.39 is 28.9 Å². The van der Waals surface area contributed by atoms with Crippen LogP contribution in [0.1, 0.15) is 50.9 Å². The smallest absolute Gasteiger partial charge is 0.338 e. The number of nitrogens with one attached hydrogen (secondary N) is 1. The van der Waals surface area contributed by atoms with Crippen LogP contribution in [0.2, 0.25) is 0 Å². The third-order valence-electron chi connectivity index (χ3n) is 5.53. The fourth-order valence-electron chi connectivity index (χ4n) is 3.31. The predicted octanol–water partition coefficient (Wildman–Crippen LogP) is 3.04. The molecule has 0 aromatic heterocycles. The molecule has 1 aliphatic rings. The second-order valence-electron chi connectivity index (χ2n) is 8.25. The summed E-state index contributed by atoms with van der Waals surface area (Å²) in [6.07, 6.45) is 2.04.